The van der Waals surface area contributed by atoms with Gasteiger partial charge >= 0.3 is 0 Å². The van der Waals surface area contributed by atoms with Crippen molar-refractivity contribution in [1.82, 2.24) is 14.8 Å². The summed E-state index contributed by atoms with van der Waals surface area (Å²) in [5.41, 5.74) is 0.434. The molecule has 2 aromatic heterocycles. The molecule has 0 amide bonds. The SMILES string of the molecule is Cn1cc(S(=O)(=O)Nc2ccncc2Br)cn1. The highest BCUT2D eigenvalue weighted by molar-refractivity contribution is 9.10. The molecule has 0 aromatic carbocycles. The number of rotatable bonds is 3. The number of nitrogens with one attached hydrogen (secondary N) is 1. The van der Waals surface area contributed by atoms with Crippen molar-refractivity contribution in [1.29, 1.82) is 0 Å². The predicted molar refractivity (Wildman–Crippen MR) is 66.0 cm³/mol. The summed E-state index contributed by atoms with van der Waals surface area (Å²) in [4.78, 5) is 3.97. The Kier molecular flexibility index (Phi) is 3.16. The maximum atomic E-state index is 12.0. The Morgan fingerprint density at radius 3 is 2.76 bits per heavy atom. The van der Waals surface area contributed by atoms with Crippen LogP contribution in [-0.2, 0) is 17.1 Å². The average Bonchev–Trinajstić information content (AvgIpc) is 2.69. The predicted octanol–water partition coefficient (Wildman–Crippen LogP) is 1.38. The molecule has 0 aliphatic carbocycles. The number of sulfonamides is 1. The third-order valence-electron chi connectivity index (χ3n) is 2.01. The molecule has 0 bridgehead atoms. The van der Waals surface area contributed by atoms with E-state index in [0.717, 1.165) is 0 Å². The van der Waals surface area contributed by atoms with Crippen molar-refractivity contribution in [3.05, 3.63) is 35.3 Å². The molecule has 0 radical (unpaired) electrons. The molecule has 2 aromatic rings. The molecule has 0 saturated heterocycles. The zero-order valence-corrected chi connectivity index (χ0v) is 11.2. The van der Waals surface area contributed by atoms with Crippen LogP contribution in [0.4, 0.5) is 5.69 Å². The Morgan fingerprint density at radius 1 is 1.41 bits per heavy atom. The van der Waals surface area contributed by atoms with Crippen LogP contribution in [0.2, 0.25) is 0 Å². The van der Waals surface area contributed by atoms with Crippen LogP contribution >= 0.6 is 15.9 Å². The first kappa shape index (κ1) is 12.1. The Labute approximate surface area is 107 Å². The Hall–Kier alpha value is -1.41. The van der Waals surface area contributed by atoms with Crippen molar-refractivity contribution in [2.45, 2.75) is 4.90 Å². The van der Waals surface area contributed by atoms with Crippen molar-refractivity contribution in [2.24, 2.45) is 7.05 Å². The van der Waals surface area contributed by atoms with E-state index in [-0.39, 0.29) is 4.90 Å². The van der Waals surface area contributed by atoms with Gasteiger partial charge in [0.25, 0.3) is 10.0 Å². The van der Waals surface area contributed by atoms with Crippen LogP contribution in [0, 0.1) is 0 Å². The molecule has 8 heteroatoms. The van der Waals surface area contributed by atoms with Gasteiger partial charge in [0.1, 0.15) is 4.90 Å². The molecule has 0 unspecified atom stereocenters. The first-order valence-electron chi connectivity index (χ1n) is 4.60. The van der Waals surface area contributed by atoms with Gasteiger partial charge in [-0.05, 0) is 22.0 Å². The summed E-state index contributed by atoms with van der Waals surface area (Å²) >= 11 is 3.22. The highest BCUT2D eigenvalue weighted by Gasteiger charge is 2.17. The van der Waals surface area contributed by atoms with Crippen LogP contribution in [0.1, 0.15) is 0 Å². The summed E-state index contributed by atoms with van der Waals surface area (Å²) in [7, 11) is -1.95. The maximum Gasteiger partial charge on any atom is 0.265 e. The van der Waals surface area contributed by atoms with E-state index in [2.05, 4.69) is 30.7 Å². The van der Waals surface area contributed by atoms with Crippen molar-refractivity contribution >= 4 is 31.6 Å². The summed E-state index contributed by atoms with van der Waals surface area (Å²) in [5.74, 6) is 0. The topological polar surface area (TPSA) is 76.9 Å². The molecule has 0 spiro atoms. The second-order valence-electron chi connectivity index (χ2n) is 3.31. The molecule has 2 heterocycles. The number of nitrogens with zero attached hydrogens (tertiary/aromatic N) is 3. The molecule has 0 atom stereocenters. The van der Waals surface area contributed by atoms with Gasteiger partial charge in [-0.15, -0.1) is 0 Å². The van der Waals surface area contributed by atoms with E-state index in [1.54, 1.807) is 13.1 Å². The van der Waals surface area contributed by atoms with E-state index >= 15 is 0 Å². The first-order chi connectivity index (χ1) is 7.99. The van der Waals surface area contributed by atoms with Crippen molar-refractivity contribution in [3.63, 3.8) is 0 Å². The summed E-state index contributed by atoms with van der Waals surface area (Å²) in [6, 6.07) is 1.57. The molecule has 0 fully saturated rings. The highest BCUT2D eigenvalue weighted by atomic mass is 79.9. The van der Waals surface area contributed by atoms with Gasteiger partial charge in [0.05, 0.1) is 16.4 Å². The Bertz CT molecular complexity index is 638. The fourth-order valence-electron chi connectivity index (χ4n) is 1.20. The third-order valence-corrected chi connectivity index (χ3v) is 3.96. The number of anilines is 1. The molecular formula is C9H9BrN4O2S. The van der Waals surface area contributed by atoms with Crippen LogP contribution in [-0.4, -0.2) is 23.2 Å². The lowest BCUT2D eigenvalue weighted by Gasteiger charge is -2.07. The number of hydrogen-bond acceptors (Lipinski definition) is 4. The molecule has 90 valence electrons. The third kappa shape index (κ3) is 2.64. The Morgan fingerprint density at radius 2 is 2.18 bits per heavy atom. The molecular weight excluding hydrogens is 308 g/mol. The van der Waals surface area contributed by atoms with Gasteiger partial charge in [-0.3, -0.25) is 14.4 Å². The largest absolute Gasteiger partial charge is 0.278 e. The zero-order valence-electron chi connectivity index (χ0n) is 8.83. The van der Waals surface area contributed by atoms with E-state index in [0.29, 0.717) is 10.2 Å². The van der Waals surface area contributed by atoms with E-state index < -0.39 is 10.0 Å². The van der Waals surface area contributed by atoms with Gasteiger partial charge < -0.3 is 0 Å². The van der Waals surface area contributed by atoms with Gasteiger partial charge in [-0.1, -0.05) is 0 Å². The summed E-state index contributed by atoms with van der Waals surface area (Å²) in [5, 5.41) is 3.82. The first-order valence-corrected chi connectivity index (χ1v) is 6.87. The van der Waals surface area contributed by atoms with Crippen LogP contribution in [0.3, 0.4) is 0 Å². The fraction of sp³-hybridized carbons (Fsp3) is 0.111. The molecule has 0 saturated carbocycles. The van der Waals surface area contributed by atoms with Crippen LogP contribution in [0.25, 0.3) is 0 Å². The molecule has 0 aliphatic rings. The van der Waals surface area contributed by atoms with Crippen molar-refractivity contribution in [3.8, 4) is 0 Å². The second-order valence-corrected chi connectivity index (χ2v) is 5.85. The molecule has 2 rings (SSSR count). The van der Waals surface area contributed by atoms with Gasteiger partial charge in [-0.25, -0.2) is 8.42 Å². The minimum absolute atomic E-state index is 0.115. The van der Waals surface area contributed by atoms with E-state index in [1.807, 2.05) is 0 Å². The van der Waals surface area contributed by atoms with Crippen molar-refractivity contribution in [2.75, 3.05) is 4.72 Å². The summed E-state index contributed by atoms with van der Waals surface area (Å²) < 4.78 is 28.4. The van der Waals surface area contributed by atoms with Crippen LogP contribution in [0.5, 0.6) is 0 Å². The zero-order chi connectivity index (χ0) is 12.5. The fourth-order valence-corrected chi connectivity index (χ4v) is 2.74. The summed E-state index contributed by atoms with van der Waals surface area (Å²) in [6.45, 7) is 0. The van der Waals surface area contributed by atoms with E-state index in [9.17, 15) is 8.42 Å². The second kappa shape index (κ2) is 4.46. The van der Waals surface area contributed by atoms with Gasteiger partial charge in [0.15, 0.2) is 0 Å². The maximum absolute atomic E-state index is 12.0. The van der Waals surface area contributed by atoms with E-state index in [4.69, 9.17) is 0 Å². The van der Waals surface area contributed by atoms with Gasteiger partial charge in [0.2, 0.25) is 0 Å². The van der Waals surface area contributed by atoms with Gasteiger partial charge in [0, 0.05) is 25.6 Å². The number of pyridine rings is 1. The minimum atomic E-state index is -3.61. The van der Waals surface area contributed by atoms with Gasteiger partial charge in [-0.2, -0.15) is 5.10 Å². The lowest BCUT2D eigenvalue weighted by molar-refractivity contribution is 0.601. The van der Waals surface area contributed by atoms with Crippen molar-refractivity contribution < 1.29 is 8.42 Å². The minimum Gasteiger partial charge on any atom is -0.278 e. The quantitative estimate of drug-likeness (QED) is 0.928. The molecule has 17 heavy (non-hydrogen) atoms. The monoisotopic (exact) mass is 316 g/mol. The number of hydrogen-bond donors (Lipinski definition) is 1. The smallest absolute Gasteiger partial charge is 0.265 e. The summed E-state index contributed by atoms with van der Waals surface area (Å²) in [6.07, 6.45) is 5.74. The number of halogens is 1. The lowest BCUT2D eigenvalue weighted by Crippen LogP contribution is -2.12. The number of aromatic nitrogens is 3. The van der Waals surface area contributed by atoms with Crippen LogP contribution in [0.15, 0.2) is 40.2 Å². The standard InChI is InChI=1S/C9H9BrN4O2S/c1-14-6-7(4-12-14)17(15,16)13-9-2-3-11-5-8(9)10/h2-6H,1H3,(H,11,13). The average molecular weight is 317 g/mol. The van der Waals surface area contributed by atoms with E-state index in [1.165, 1.54) is 29.5 Å². The normalized spacial score (nSPS) is 11.4. The lowest BCUT2D eigenvalue weighted by atomic mass is 10.4. The Balaban J connectivity index is 2.33. The molecule has 6 nitrogen and oxygen atoms in total. The number of aryl methyl sites for hydroxylation is 1. The van der Waals surface area contributed by atoms with Crippen LogP contribution < -0.4 is 4.72 Å². The molecule has 0 aliphatic heterocycles. The molecule has 1 N–H and O–H groups in total. The highest BCUT2D eigenvalue weighted by Crippen LogP contribution is 2.23.